The van der Waals surface area contributed by atoms with Crippen molar-refractivity contribution < 1.29 is 4.52 Å². The van der Waals surface area contributed by atoms with Crippen molar-refractivity contribution in [2.75, 3.05) is 0 Å². The van der Waals surface area contributed by atoms with Crippen molar-refractivity contribution in [3.8, 4) is 5.69 Å². The van der Waals surface area contributed by atoms with Crippen molar-refractivity contribution in [2.45, 2.75) is 20.3 Å². The second-order valence-electron chi connectivity index (χ2n) is 4.33. The first-order chi connectivity index (χ1) is 8.08. The van der Waals surface area contributed by atoms with Crippen LogP contribution in [0.3, 0.4) is 0 Å². The Morgan fingerprint density at radius 3 is 2.59 bits per heavy atom. The molecule has 0 amide bonds. The summed E-state index contributed by atoms with van der Waals surface area (Å²) in [6, 6.07) is 7.39. The van der Waals surface area contributed by atoms with Crippen LogP contribution in [-0.2, 0) is 6.42 Å². The van der Waals surface area contributed by atoms with Gasteiger partial charge >= 0.3 is 11.4 Å². The standard InChI is InChI=1S/C12H14N2O3/c1-8(2)7-9-5-3-4-6-10(9)14-11(15)13-12(16)17-14/h3-6,8H,7H2,1-2H3,(H,13,15,16). The van der Waals surface area contributed by atoms with Crippen molar-refractivity contribution >= 4 is 0 Å². The normalized spacial score (nSPS) is 11.0. The first-order valence-electron chi connectivity index (χ1n) is 5.49. The van der Waals surface area contributed by atoms with Crippen LogP contribution >= 0.6 is 0 Å². The Balaban J connectivity index is 2.55. The zero-order valence-electron chi connectivity index (χ0n) is 9.77. The molecule has 1 aromatic carbocycles. The number of nitrogens with one attached hydrogen (secondary N) is 1. The number of hydrogen-bond acceptors (Lipinski definition) is 3. The number of benzene rings is 1. The number of H-pyrrole nitrogens is 1. The fourth-order valence-corrected chi connectivity index (χ4v) is 1.77. The Morgan fingerprint density at radius 1 is 1.29 bits per heavy atom. The van der Waals surface area contributed by atoms with Gasteiger partial charge in [-0.25, -0.2) is 14.6 Å². The maximum absolute atomic E-state index is 11.5. The maximum atomic E-state index is 11.5. The molecule has 0 radical (unpaired) electrons. The van der Waals surface area contributed by atoms with Gasteiger partial charge in [0.25, 0.3) is 0 Å². The quantitative estimate of drug-likeness (QED) is 0.870. The third-order valence-corrected chi connectivity index (χ3v) is 2.41. The van der Waals surface area contributed by atoms with Gasteiger partial charge in [-0.05, 0) is 24.0 Å². The molecule has 5 heteroatoms. The van der Waals surface area contributed by atoms with E-state index in [2.05, 4.69) is 18.8 Å². The van der Waals surface area contributed by atoms with Gasteiger partial charge in [-0.1, -0.05) is 32.0 Å². The maximum Gasteiger partial charge on any atom is 0.440 e. The van der Waals surface area contributed by atoms with E-state index < -0.39 is 11.4 Å². The molecule has 0 atom stereocenters. The Morgan fingerprint density at radius 2 is 2.00 bits per heavy atom. The summed E-state index contributed by atoms with van der Waals surface area (Å²) in [6.07, 6.45) is 0.817. The molecule has 0 aliphatic rings. The minimum atomic E-state index is -0.741. The molecule has 0 saturated heterocycles. The minimum Gasteiger partial charge on any atom is -0.312 e. The van der Waals surface area contributed by atoms with Crippen molar-refractivity contribution in [2.24, 2.45) is 5.92 Å². The topological polar surface area (TPSA) is 68.0 Å². The summed E-state index contributed by atoms with van der Waals surface area (Å²) in [5, 5.41) is 0. The van der Waals surface area contributed by atoms with Gasteiger partial charge in [0.1, 0.15) is 0 Å². The van der Waals surface area contributed by atoms with Crippen LogP contribution in [0.1, 0.15) is 19.4 Å². The Kier molecular flexibility index (Phi) is 2.99. The summed E-state index contributed by atoms with van der Waals surface area (Å²) in [4.78, 5) is 24.5. The Labute approximate surface area is 97.7 Å². The average Bonchev–Trinajstić information content (AvgIpc) is 2.58. The van der Waals surface area contributed by atoms with Gasteiger partial charge in [-0.3, -0.25) is 0 Å². The van der Waals surface area contributed by atoms with Gasteiger partial charge in [0.05, 0.1) is 5.69 Å². The molecule has 0 spiro atoms. The fraction of sp³-hybridized carbons (Fsp3) is 0.333. The highest BCUT2D eigenvalue weighted by atomic mass is 16.5. The monoisotopic (exact) mass is 234 g/mol. The zero-order valence-corrected chi connectivity index (χ0v) is 9.77. The van der Waals surface area contributed by atoms with Crippen LogP contribution in [0, 0.1) is 5.92 Å². The molecular weight excluding hydrogens is 220 g/mol. The van der Waals surface area contributed by atoms with Gasteiger partial charge in [0.15, 0.2) is 0 Å². The van der Waals surface area contributed by atoms with E-state index in [1.165, 1.54) is 0 Å². The highest BCUT2D eigenvalue weighted by molar-refractivity contribution is 5.39. The predicted molar refractivity (Wildman–Crippen MR) is 63.5 cm³/mol. The fourth-order valence-electron chi connectivity index (χ4n) is 1.77. The minimum absolute atomic E-state index is 0.456. The second kappa shape index (κ2) is 4.45. The number of para-hydroxylation sites is 1. The van der Waals surface area contributed by atoms with E-state index >= 15 is 0 Å². The molecule has 0 aliphatic heterocycles. The van der Waals surface area contributed by atoms with Gasteiger partial charge in [-0.2, -0.15) is 0 Å². The summed E-state index contributed by atoms with van der Waals surface area (Å²) in [5.74, 6) is -0.285. The SMILES string of the molecule is CC(C)Cc1ccccc1-n1oc(=O)[nH]c1=O. The van der Waals surface area contributed by atoms with E-state index in [9.17, 15) is 9.59 Å². The van der Waals surface area contributed by atoms with E-state index in [0.29, 0.717) is 11.6 Å². The predicted octanol–water partition coefficient (Wildman–Crippen LogP) is 1.32. The third-order valence-electron chi connectivity index (χ3n) is 2.41. The molecule has 2 aromatic rings. The van der Waals surface area contributed by atoms with Crippen LogP contribution in [0.5, 0.6) is 0 Å². The highest BCUT2D eigenvalue weighted by Gasteiger charge is 2.11. The number of rotatable bonds is 3. The van der Waals surface area contributed by atoms with E-state index in [1.54, 1.807) is 12.1 Å². The Hall–Kier alpha value is -2.04. The molecule has 0 aliphatic carbocycles. The molecular formula is C12H14N2O3. The molecule has 1 aromatic heterocycles. The molecule has 0 unspecified atom stereocenters. The van der Waals surface area contributed by atoms with Gasteiger partial charge in [0, 0.05) is 0 Å². The number of aromatic nitrogens is 2. The largest absolute Gasteiger partial charge is 0.440 e. The highest BCUT2D eigenvalue weighted by Crippen LogP contribution is 2.16. The van der Waals surface area contributed by atoms with Crippen LogP contribution in [0.25, 0.3) is 5.69 Å². The smallest absolute Gasteiger partial charge is 0.312 e. The number of nitrogens with zero attached hydrogens (tertiary/aromatic N) is 1. The van der Waals surface area contributed by atoms with Crippen LogP contribution in [-0.4, -0.2) is 9.72 Å². The molecule has 0 saturated carbocycles. The lowest BCUT2D eigenvalue weighted by atomic mass is 10.0. The van der Waals surface area contributed by atoms with Crippen LogP contribution in [0.15, 0.2) is 38.4 Å². The van der Waals surface area contributed by atoms with E-state index in [0.717, 1.165) is 16.7 Å². The van der Waals surface area contributed by atoms with E-state index in [1.807, 2.05) is 12.1 Å². The first kappa shape index (κ1) is 11.4. The lowest BCUT2D eigenvalue weighted by Crippen LogP contribution is -2.16. The van der Waals surface area contributed by atoms with Crippen molar-refractivity contribution in [1.82, 2.24) is 9.72 Å². The third kappa shape index (κ3) is 2.38. The average molecular weight is 234 g/mol. The van der Waals surface area contributed by atoms with Gasteiger partial charge < -0.3 is 4.52 Å². The van der Waals surface area contributed by atoms with Crippen LogP contribution in [0.4, 0.5) is 0 Å². The molecule has 90 valence electrons. The van der Waals surface area contributed by atoms with Gasteiger partial charge in [-0.15, -0.1) is 4.74 Å². The van der Waals surface area contributed by atoms with Crippen molar-refractivity contribution in [3.05, 3.63) is 50.9 Å². The molecule has 2 rings (SSSR count). The molecule has 0 fully saturated rings. The van der Waals surface area contributed by atoms with Crippen LogP contribution in [0.2, 0.25) is 0 Å². The lowest BCUT2D eigenvalue weighted by molar-refractivity contribution is 0.313. The second-order valence-corrected chi connectivity index (χ2v) is 4.33. The van der Waals surface area contributed by atoms with Gasteiger partial charge in [0.2, 0.25) is 0 Å². The zero-order chi connectivity index (χ0) is 12.4. The van der Waals surface area contributed by atoms with Crippen LogP contribution < -0.4 is 11.4 Å². The molecule has 1 heterocycles. The Bertz CT molecular complexity index is 619. The first-order valence-corrected chi connectivity index (χ1v) is 5.49. The molecule has 1 N–H and O–H groups in total. The van der Waals surface area contributed by atoms with E-state index in [-0.39, 0.29) is 0 Å². The number of aromatic amines is 1. The summed E-state index contributed by atoms with van der Waals surface area (Å²) in [7, 11) is 0. The summed E-state index contributed by atoms with van der Waals surface area (Å²) < 4.78 is 5.82. The van der Waals surface area contributed by atoms with Crippen molar-refractivity contribution in [3.63, 3.8) is 0 Å². The molecule has 5 nitrogen and oxygen atoms in total. The number of hydrogen-bond donors (Lipinski definition) is 1. The summed E-state index contributed by atoms with van der Waals surface area (Å²) in [6.45, 7) is 4.18. The molecule has 0 bridgehead atoms. The van der Waals surface area contributed by atoms with E-state index in [4.69, 9.17) is 4.52 Å². The summed E-state index contributed by atoms with van der Waals surface area (Å²) >= 11 is 0. The van der Waals surface area contributed by atoms with Crippen molar-refractivity contribution in [1.29, 1.82) is 0 Å². The summed E-state index contributed by atoms with van der Waals surface area (Å²) in [5.41, 5.74) is 1.04. The molecule has 17 heavy (non-hydrogen) atoms. The lowest BCUT2D eigenvalue weighted by Gasteiger charge is -2.09.